The Balaban J connectivity index is 2.00. The van der Waals surface area contributed by atoms with Crippen molar-refractivity contribution in [3.05, 3.63) is 51.5 Å². The Hall–Kier alpha value is -1.57. The molecule has 2 aromatic carbocycles. The maximum Gasteiger partial charge on any atom is 0.262 e. The molecule has 1 atom stereocenters. The van der Waals surface area contributed by atoms with Crippen LogP contribution < -0.4 is 9.46 Å². The van der Waals surface area contributed by atoms with Gasteiger partial charge in [0, 0.05) is 16.1 Å². The summed E-state index contributed by atoms with van der Waals surface area (Å²) < 4.78 is 35.2. The molecule has 146 valence electrons. The van der Waals surface area contributed by atoms with E-state index in [2.05, 4.69) is 39.6 Å². The van der Waals surface area contributed by atoms with Crippen molar-refractivity contribution in [2.75, 3.05) is 25.9 Å². The molecule has 27 heavy (non-hydrogen) atoms. The standard InChI is InChI=1S/C20H25BrN2O3S/c1-13-11-14(21)5-10-20(13)27(24,25)22-18-8-9-19(26-4)17-12-15(23(2)3)6-7-16(17)18/h5,8-11,15,22H,6-7,12H2,1-4H3. The monoisotopic (exact) mass is 452 g/mol. The van der Waals surface area contributed by atoms with Crippen molar-refractivity contribution in [2.45, 2.75) is 37.1 Å². The van der Waals surface area contributed by atoms with Gasteiger partial charge in [0.25, 0.3) is 10.0 Å². The zero-order valence-corrected chi connectivity index (χ0v) is 18.4. The molecule has 2 aromatic rings. The maximum atomic E-state index is 13.0. The van der Waals surface area contributed by atoms with Crippen LogP contribution in [0.3, 0.4) is 0 Å². The highest BCUT2D eigenvalue weighted by molar-refractivity contribution is 9.10. The fraction of sp³-hybridized carbons (Fsp3) is 0.400. The molecule has 3 rings (SSSR count). The minimum absolute atomic E-state index is 0.289. The lowest BCUT2D eigenvalue weighted by Crippen LogP contribution is -2.34. The molecule has 5 nitrogen and oxygen atoms in total. The number of sulfonamides is 1. The minimum atomic E-state index is -3.67. The van der Waals surface area contributed by atoms with Gasteiger partial charge in [-0.05, 0) is 81.7 Å². The molecule has 1 aliphatic rings. The Kier molecular flexibility index (Phi) is 5.84. The smallest absolute Gasteiger partial charge is 0.262 e. The van der Waals surface area contributed by atoms with Gasteiger partial charge in [0.1, 0.15) is 5.75 Å². The molecule has 0 amide bonds. The van der Waals surface area contributed by atoms with Crippen LogP contribution in [0.4, 0.5) is 5.69 Å². The van der Waals surface area contributed by atoms with E-state index in [4.69, 9.17) is 4.74 Å². The third kappa shape index (κ3) is 4.15. The van der Waals surface area contributed by atoms with Gasteiger partial charge >= 0.3 is 0 Å². The van der Waals surface area contributed by atoms with Crippen LogP contribution in [0.5, 0.6) is 5.75 Å². The number of hydrogen-bond acceptors (Lipinski definition) is 4. The van der Waals surface area contributed by atoms with Gasteiger partial charge in [-0.2, -0.15) is 0 Å². The summed E-state index contributed by atoms with van der Waals surface area (Å²) in [4.78, 5) is 2.50. The number of anilines is 1. The number of nitrogens with zero attached hydrogens (tertiary/aromatic N) is 1. The van der Waals surface area contributed by atoms with Gasteiger partial charge in [0.2, 0.25) is 0 Å². The molecule has 1 aliphatic carbocycles. The number of nitrogens with one attached hydrogen (secondary N) is 1. The fourth-order valence-electron chi connectivity index (χ4n) is 3.67. The van der Waals surface area contributed by atoms with E-state index in [1.54, 1.807) is 38.3 Å². The number of benzene rings is 2. The molecule has 0 bridgehead atoms. The molecular weight excluding hydrogens is 428 g/mol. The van der Waals surface area contributed by atoms with Crippen LogP contribution >= 0.6 is 15.9 Å². The number of ether oxygens (including phenoxy) is 1. The van der Waals surface area contributed by atoms with Gasteiger partial charge in [-0.25, -0.2) is 8.42 Å². The van der Waals surface area contributed by atoms with E-state index in [9.17, 15) is 8.42 Å². The van der Waals surface area contributed by atoms with Gasteiger partial charge in [-0.15, -0.1) is 0 Å². The fourth-order valence-corrected chi connectivity index (χ4v) is 5.47. The molecule has 0 heterocycles. The van der Waals surface area contributed by atoms with Gasteiger partial charge in [-0.1, -0.05) is 15.9 Å². The summed E-state index contributed by atoms with van der Waals surface area (Å²) in [5.74, 6) is 0.819. The molecule has 0 aliphatic heterocycles. The Bertz CT molecular complexity index is 958. The van der Waals surface area contributed by atoms with Gasteiger partial charge in [0.15, 0.2) is 0 Å². The molecule has 0 saturated carbocycles. The summed E-state index contributed by atoms with van der Waals surface area (Å²) in [6, 6.07) is 9.25. The van der Waals surface area contributed by atoms with Crippen LogP contribution in [0, 0.1) is 6.92 Å². The molecule has 0 aromatic heterocycles. The predicted molar refractivity (Wildman–Crippen MR) is 112 cm³/mol. The molecule has 0 spiro atoms. The number of likely N-dealkylation sites (N-methyl/N-ethyl adjacent to an activating group) is 1. The molecular formula is C20H25BrN2O3S. The number of halogens is 1. The SMILES string of the molecule is COc1ccc(NS(=O)(=O)c2ccc(Br)cc2C)c2c1CC(N(C)C)CC2. The Morgan fingerprint density at radius 3 is 2.56 bits per heavy atom. The van der Waals surface area contributed by atoms with Crippen LogP contribution in [0.25, 0.3) is 0 Å². The quantitative estimate of drug-likeness (QED) is 0.744. The maximum absolute atomic E-state index is 13.0. The summed E-state index contributed by atoms with van der Waals surface area (Å²) in [6.45, 7) is 1.80. The topological polar surface area (TPSA) is 58.6 Å². The Morgan fingerprint density at radius 1 is 1.19 bits per heavy atom. The first-order valence-electron chi connectivity index (χ1n) is 8.87. The van der Waals surface area contributed by atoms with Crippen LogP contribution in [0.1, 0.15) is 23.1 Å². The van der Waals surface area contributed by atoms with Crippen molar-refractivity contribution < 1.29 is 13.2 Å². The number of methoxy groups -OCH3 is 1. The second-order valence-electron chi connectivity index (χ2n) is 7.15. The van der Waals surface area contributed by atoms with Gasteiger partial charge in [-0.3, -0.25) is 4.72 Å². The number of fused-ring (bicyclic) bond motifs is 1. The number of rotatable bonds is 5. The zero-order valence-electron chi connectivity index (χ0n) is 16.0. The van der Waals surface area contributed by atoms with E-state index in [1.807, 2.05) is 6.07 Å². The lowest BCUT2D eigenvalue weighted by Gasteiger charge is -2.32. The third-order valence-corrected chi connectivity index (χ3v) is 7.20. The van der Waals surface area contributed by atoms with Crippen molar-refractivity contribution in [2.24, 2.45) is 0 Å². The highest BCUT2D eigenvalue weighted by atomic mass is 79.9. The zero-order chi connectivity index (χ0) is 19.8. The van der Waals surface area contributed by atoms with Crippen LogP contribution in [0.15, 0.2) is 39.7 Å². The molecule has 7 heteroatoms. The molecule has 1 unspecified atom stereocenters. The highest BCUT2D eigenvalue weighted by Gasteiger charge is 2.27. The third-order valence-electron chi connectivity index (χ3n) is 5.18. The lowest BCUT2D eigenvalue weighted by molar-refractivity contribution is 0.265. The van der Waals surface area contributed by atoms with E-state index in [0.717, 1.165) is 40.6 Å². The largest absolute Gasteiger partial charge is 0.496 e. The van der Waals surface area contributed by atoms with Crippen molar-refractivity contribution >= 4 is 31.6 Å². The minimum Gasteiger partial charge on any atom is -0.496 e. The molecule has 0 fully saturated rings. The first-order valence-corrected chi connectivity index (χ1v) is 11.1. The van der Waals surface area contributed by atoms with Crippen molar-refractivity contribution in [1.29, 1.82) is 0 Å². The van der Waals surface area contributed by atoms with E-state index < -0.39 is 10.0 Å². The van der Waals surface area contributed by atoms with Crippen LogP contribution in [-0.2, 0) is 22.9 Å². The summed E-state index contributed by atoms with van der Waals surface area (Å²) in [5.41, 5.74) is 3.47. The molecule has 1 N–H and O–H groups in total. The van der Waals surface area contributed by atoms with Gasteiger partial charge in [0.05, 0.1) is 17.7 Å². The summed E-state index contributed by atoms with van der Waals surface area (Å²) >= 11 is 3.38. The van der Waals surface area contributed by atoms with Crippen molar-refractivity contribution in [3.8, 4) is 5.75 Å². The lowest BCUT2D eigenvalue weighted by atomic mass is 9.86. The first kappa shape index (κ1) is 20.2. The normalized spacial score (nSPS) is 16.9. The second-order valence-corrected chi connectivity index (χ2v) is 9.71. The summed E-state index contributed by atoms with van der Waals surface area (Å²) in [7, 11) is 2.14. The molecule has 0 saturated heterocycles. The average Bonchev–Trinajstić information content (AvgIpc) is 2.60. The van der Waals surface area contributed by atoms with Gasteiger partial charge < -0.3 is 9.64 Å². The Morgan fingerprint density at radius 2 is 1.93 bits per heavy atom. The predicted octanol–water partition coefficient (Wildman–Crippen LogP) is 3.99. The number of aryl methyl sites for hydroxylation is 1. The first-order chi connectivity index (χ1) is 12.7. The second kappa shape index (κ2) is 7.81. The van der Waals surface area contributed by atoms with Crippen molar-refractivity contribution in [3.63, 3.8) is 0 Å². The van der Waals surface area contributed by atoms with E-state index in [-0.39, 0.29) is 4.90 Å². The van der Waals surface area contributed by atoms with Crippen molar-refractivity contribution in [1.82, 2.24) is 4.90 Å². The van der Waals surface area contributed by atoms with Crippen LogP contribution in [-0.4, -0.2) is 40.6 Å². The average molecular weight is 453 g/mol. The molecule has 0 radical (unpaired) electrons. The Labute approximate surface area is 169 Å². The summed E-state index contributed by atoms with van der Waals surface area (Å²) in [6.07, 6.45) is 2.64. The highest BCUT2D eigenvalue weighted by Crippen LogP contribution is 2.37. The van der Waals surface area contributed by atoms with E-state index >= 15 is 0 Å². The number of hydrogen-bond donors (Lipinski definition) is 1. The van der Waals surface area contributed by atoms with Crippen LogP contribution in [0.2, 0.25) is 0 Å². The summed E-state index contributed by atoms with van der Waals surface area (Å²) in [5, 5.41) is 0. The van der Waals surface area contributed by atoms with E-state index in [0.29, 0.717) is 17.3 Å². The van der Waals surface area contributed by atoms with E-state index in [1.165, 1.54) is 0 Å².